The molecule has 4 rings (SSSR count). The van der Waals surface area contributed by atoms with Crippen LogP contribution in [0.1, 0.15) is 48.3 Å². The second-order valence-electron chi connectivity index (χ2n) is 6.02. The molecule has 3 aromatic heterocycles. The third kappa shape index (κ3) is 3.00. The first-order valence-corrected chi connectivity index (χ1v) is 10.2. The Bertz CT molecular complexity index is 869. The average Bonchev–Trinajstić information content (AvgIpc) is 3.17. The number of aromatic amines is 1. The fourth-order valence-electron chi connectivity index (χ4n) is 3.12. The van der Waals surface area contributed by atoms with Gasteiger partial charge in [-0.25, -0.2) is 15.0 Å². The predicted molar refractivity (Wildman–Crippen MR) is 98.4 cm³/mol. The quantitative estimate of drug-likeness (QED) is 0.676. The number of hydrogen-bond donors (Lipinski definition) is 2. The molecule has 3 N–H and O–H groups in total. The minimum Gasteiger partial charge on any atom is -0.383 e. The molecule has 0 saturated carbocycles. The molecule has 0 saturated heterocycles. The van der Waals surface area contributed by atoms with Gasteiger partial charge in [0, 0.05) is 11.3 Å². The van der Waals surface area contributed by atoms with Gasteiger partial charge in [0.15, 0.2) is 0 Å². The Balaban J connectivity index is 1.56. The number of thiophene rings is 1. The molecule has 6 nitrogen and oxygen atoms in total. The monoisotopic (exact) mass is 360 g/mol. The van der Waals surface area contributed by atoms with E-state index in [2.05, 4.69) is 27.1 Å². The van der Waals surface area contributed by atoms with Gasteiger partial charge in [0.25, 0.3) is 0 Å². The van der Waals surface area contributed by atoms with E-state index in [4.69, 9.17) is 10.7 Å². The highest BCUT2D eigenvalue weighted by Gasteiger charge is 2.20. The van der Waals surface area contributed by atoms with Gasteiger partial charge in [0.05, 0.1) is 11.1 Å². The zero-order chi connectivity index (χ0) is 16.5. The van der Waals surface area contributed by atoms with Gasteiger partial charge in [-0.2, -0.15) is 0 Å². The number of aromatic nitrogens is 5. The van der Waals surface area contributed by atoms with Crippen molar-refractivity contribution in [3.8, 4) is 0 Å². The highest BCUT2D eigenvalue weighted by Crippen LogP contribution is 2.38. The molecule has 0 bridgehead atoms. The fraction of sp³-hybridized carbons (Fsp3) is 0.500. The lowest BCUT2D eigenvalue weighted by Crippen LogP contribution is -2.02. The van der Waals surface area contributed by atoms with Crippen molar-refractivity contribution in [1.29, 1.82) is 0 Å². The van der Waals surface area contributed by atoms with Crippen molar-refractivity contribution < 1.29 is 0 Å². The lowest BCUT2D eigenvalue weighted by atomic mass is 9.97. The third-order valence-electron chi connectivity index (χ3n) is 4.22. The Morgan fingerprint density at radius 2 is 2.08 bits per heavy atom. The van der Waals surface area contributed by atoms with E-state index in [1.54, 1.807) is 23.1 Å². The molecule has 24 heavy (non-hydrogen) atoms. The van der Waals surface area contributed by atoms with Crippen LogP contribution in [0.5, 0.6) is 0 Å². The molecule has 0 aliphatic heterocycles. The van der Waals surface area contributed by atoms with E-state index in [0.717, 1.165) is 52.7 Å². The van der Waals surface area contributed by atoms with Crippen molar-refractivity contribution in [3.05, 3.63) is 22.1 Å². The fourth-order valence-corrected chi connectivity index (χ4v) is 5.08. The zero-order valence-corrected chi connectivity index (χ0v) is 15.3. The van der Waals surface area contributed by atoms with Gasteiger partial charge >= 0.3 is 0 Å². The number of hydrogen-bond acceptors (Lipinski definition) is 7. The average molecular weight is 361 g/mol. The molecule has 0 amide bonds. The van der Waals surface area contributed by atoms with E-state index in [0.29, 0.717) is 11.6 Å². The summed E-state index contributed by atoms with van der Waals surface area (Å²) < 4.78 is 0. The van der Waals surface area contributed by atoms with Gasteiger partial charge in [-0.15, -0.1) is 16.4 Å². The molecule has 0 atom stereocenters. The van der Waals surface area contributed by atoms with Crippen LogP contribution in [-0.4, -0.2) is 25.1 Å². The van der Waals surface area contributed by atoms with Crippen LogP contribution < -0.4 is 5.73 Å². The zero-order valence-electron chi connectivity index (χ0n) is 13.6. The van der Waals surface area contributed by atoms with Gasteiger partial charge in [0.2, 0.25) is 5.16 Å². The summed E-state index contributed by atoms with van der Waals surface area (Å²) in [6.07, 6.45) is 6.73. The van der Waals surface area contributed by atoms with Crippen molar-refractivity contribution in [3.63, 3.8) is 0 Å². The lowest BCUT2D eigenvalue weighted by molar-refractivity contribution is 0.700. The standard InChI is InChI=1S/C16H20N6S2/c1-2-5-11-20-16(22-21-11)23-8-12-18-14(17)13-9-6-3-4-7-10(9)24-15(13)19-12/h2-8H2,1H3,(H2,17,18,19)(H,20,21,22). The summed E-state index contributed by atoms with van der Waals surface area (Å²) in [6.45, 7) is 2.13. The maximum Gasteiger partial charge on any atom is 0.208 e. The van der Waals surface area contributed by atoms with E-state index in [1.165, 1.54) is 23.3 Å². The molecule has 0 fully saturated rings. The lowest BCUT2D eigenvalue weighted by Gasteiger charge is -2.10. The number of nitrogens with two attached hydrogens (primary N) is 1. The molecule has 0 radical (unpaired) electrons. The number of thioether (sulfide) groups is 1. The summed E-state index contributed by atoms with van der Waals surface area (Å²) in [5, 5.41) is 9.03. The molecule has 3 heterocycles. The molecule has 3 aromatic rings. The number of H-pyrrole nitrogens is 1. The Morgan fingerprint density at radius 3 is 2.96 bits per heavy atom. The van der Waals surface area contributed by atoms with Crippen LogP contribution >= 0.6 is 23.1 Å². The van der Waals surface area contributed by atoms with Crippen LogP contribution in [0.25, 0.3) is 10.2 Å². The first kappa shape index (κ1) is 15.8. The minimum absolute atomic E-state index is 0.622. The van der Waals surface area contributed by atoms with Gasteiger partial charge in [0.1, 0.15) is 22.3 Å². The van der Waals surface area contributed by atoms with Crippen LogP contribution in [-0.2, 0) is 25.0 Å². The van der Waals surface area contributed by atoms with E-state index in [-0.39, 0.29) is 0 Å². The minimum atomic E-state index is 0.622. The second-order valence-corrected chi connectivity index (χ2v) is 8.05. The van der Waals surface area contributed by atoms with Crippen molar-refractivity contribution in [2.24, 2.45) is 0 Å². The maximum absolute atomic E-state index is 6.25. The summed E-state index contributed by atoms with van der Waals surface area (Å²) in [7, 11) is 0. The first-order valence-electron chi connectivity index (χ1n) is 8.35. The number of nitrogen functional groups attached to an aromatic ring is 1. The van der Waals surface area contributed by atoms with E-state index >= 15 is 0 Å². The molecule has 1 aliphatic carbocycles. The summed E-state index contributed by atoms with van der Waals surface area (Å²) in [5.74, 6) is 2.94. The number of rotatable bonds is 5. The van der Waals surface area contributed by atoms with Crippen molar-refractivity contribution in [2.45, 2.75) is 56.4 Å². The van der Waals surface area contributed by atoms with Gasteiger partial charge in [-0.05, 0) is 37.7 Å². The van der Waals surface area contributed by atoms with Gasteiger partial charge in [-0.3, -0.25) is 5.10 Å². The topological polar surface area (TPSA) is 93.4 Å². The van der Waals surface area contributed by atoms with E-state index < -0.39 is 0 Å². The third-order valence-corrected chi connectivity index (χ3v) is 6.25. The van der Waals surface area contributed by atoms with Gasteiger partial charge in [-0.1, -0.05) is 18.7 Å². The number of nitrogens with one attached hydrogen (secondary N) is 1. The first-order chi connectivity index (χ1) is 11.7. The highest BCUT2D eigenvalue weighted by atomic mass is 32.2. The van der Waals surface area contributed by atoms with Crippen LogP contribution in [0, 0.1) is 0 Å². The molecule has 0 aromatic carbocycles. The highest BCUT2D eigenvalue weighted by molar-refractivity contribution is 7.98. The molecular weight excluding hydrogens is 340 g/mol. The Kier molecular flexibility index (Phi) is 4.41. The van der Waals surface area contributed by atoms with Crippen molar-refractivity contribution >= 4 is 39.1 Å². The smallest absolute Gasteiger partial charge is 0.208 e. The SMILES string of the molecule is CCCc1nc(SCc2nc(N)c3c4c(sc3n2)CCCC4)n[nH]1. The normalized spacial score (nSPS) is 14.2. The van der Waals surface area contributed by atoms with Crippen molar-refractivity contribution in [2.75, 3.05) is 5.73 Å². The second kappa shape index (κ2) is 6.68. The van der Waals surface area contributed by atoms with E-state index in [1.807, 2.05) is 0 Å². The van der Waals surface area contributed by atoms with Gasteiger partial charge < -0.3 is 5.73 Å². The molecule has 126 valence electrons. The number of aryl methyl sites for hydroxylation is 3. The summed E-state index contributed by atoms with van der Waals surface area (Å²) in [4.78, 5) is 16.2. The molecule has 1 aliphatic rings. The summed E-state index contributed by atoms with van der Waals surface area (Å²) in [5.41, 5.74) is 7.63. The molecule has 0 unspecified atom stereocenters. The number of anilines is 1. The largest absolute Gasteiger partial charge is 0.383 e. The number of fused-ring (bicyclic) bond motifs is 3. The maximum atomic E-state index is 6.25. The molecular formula is C16H20N6S2. The molecule has 0 spiro atoms. The van der Waals surface area contributed by atoms with Crippen LogP contribution in [0.15, 0.2) is 5.16 Å². The summed E-state index contributed by atoms with van der Waals surface area (Å²) in [6, 6.07) is 0. The van der Waals surface area contributed by atoms with Crippen LogP contribution in [0.3, 0.4) is 0 Å². The molecule has 8 heteroatoms. The Labute approximate surface area is 148 Å². The number of nitrogens with zero attached hydrogens (tertiary/aromatic N) is 4. The van der Waals surface area contributed by atoms with Crippen LogP contribution in [0.2, 0.25) is 0 Å². The Hall–Kier alpha value is -1.67. The van der Waals surface area contributed by atoms with Crippen molar-refractivity contribution in [1.82, 2.24) is 25.1 Å². The van der Waals surface area contributed by atoms with E-state index in [9.17, 15) is 0 Å². The predicted octanol–water partition coefficient (Wildman–Crippen LogP) is 3.52. The summed E-state index contributed by atoms with van der Waals surface area (Å²) >= 11 is 3.33. The Morgan fingerprint density at radius 1 is 1.21 bits per heavy atom. The van der Waals surface area contributed by atoms with Crippen LogP contribution in [0.4, 0.5) is 5.82 Å².